The lowest BCUT2D eigenvalue weighted by atomic mass is 11.0. The van der Waals surface area contributed by atoms with Gasteiger partial charge in [-0.15, -0.1) is 0 Å². The molecule has 2 fully saturated rings. The Morgan fingerprint density at radius 1 is 1.50 bits per heavy atom. The summed E-state index contributed by atoms with van der Waals surface area (Å²) < 4.78 is 47.1. The van der Waals surface area contributed by atoms with Crippen molar-refractivity contribution in [3.8, 4) is 0 Å². The van der Waals surface area contributed by atoms with Crippen LogP contribution in [-0.4, -0.2) is 35.4 Å². The van der Waals surface area contributed by atoms with Crippen LogP contribution in [0.1, 0.15) is 5.48 Å². The highest BCUT2D eigenvalue weighted by atomic mass is 31.2. The molecule has 2 saturated heterocycles. The van der Waals surface area contributed by atoms with E-state index in [0.717, 1.165) is 9.34 Å². The van der Waals surface area contributed by atoms with Crippen molar-refractivity contribution in [2.75, 3.05) is 26.1 Å². The third kappa shape index (κ3) is 0.909. The van der Waals surface area contributed by atoms with Gasteiger partial charge in [-0.2, -0.15) is 0 Å². The fourth-order valence-corrected chi connectivity index (χ4v) is 1.99. The predicted octanol–water partition coefficient (Wildman–Crippen LogP) is -0.384. The maximum absolute atomic E-state index is 12.0. The monoisotopic (exact) mass is 167 g/mol. The highest BCUT2D eigenvalue weighted by molar-refractivity contribution is 7.54. The van der Waals surface area contributed by atoms with Gasteiger partial charge in [0.1, 0.15) is 0 Å². The summed E-state index contributed by atoms with van der Waals surface area (Å²) in [6.07, 6.45) is 0. The zero-order valence-corrected chi connectivity index (χ0v) is 6.04. The molecule has 0 spiro atoms. The Hall–Kier alpha value is 0.0700. The van der Waals surface area contributed by atoms with E-state index in [1.807, 2.05) is 0 Å². The molecule has 2 N–H and O–H groups in total. The maximum Gasteiger partial charge on any atom is 0.362 e. The number of nitrogens with two attached hydrogens (primary N) is 1. The van der Waals surface area contributed by atoms with E-state index < -0.39 is 20.7 Å². The molecule has 0 aromatic carbocycles. The van der Waals surface area contributed by atoms with Crippen LogP contribution in [0.25, 0.3) is 0 Å². The quantitative estimate of drug-likeness (QED) is 0.352. The number of nitrogens with zero attached hydrogens (tertiary/aromatic N) is 2. The van der Waals surface area contributed by atoms with E-state index in [4.69, 9.17) is 11.4 Å². The Kier molecular flexibility index (Phi) is 0.739. The molecule has 10 heavy (non-hydrogen) atoms. The Morgan fingerprint density at radius 2 is 1.90 bits per heavy atom. The molecule has 0 amide bonds. The van der Waals surface area contributed by atoms with Crippen molar-refractivity contribution in [3.05, 3.63) is 0 Å². The van der Waals surface area contributed by atoms with Gasteiger partial charge < -0.3 is 0 Å². The van der Waals surface area contributed by atoms with Crippen molar-refractivity contribution in [1.29, 1.82) is 0 Å². The SMILES string of the molecule is [2H]C1([2H])CN1P(=O)(ON)N1CC1([2H])[2H]. The number of hydrogen-bond donors (Lipinski definition) is 1. The first-order valence-corrected chi connectivity index (χ1v) is 4.32. The van der Waals surface area contributed by atoms with Crippen LogP contribution in [0.4, 0.5) is 0 Å². The fourth-order valence-electron chi connectivity index (χ4n) is 0.665. The topological polar surface area (TPSA) is 58.3 Å². The van der Waals surface area contributed by atoms with Gasteiger partial charge in [-0.25, -0.2) is 19.9 Å². The van der Waals surface area contributed by atoms with Crippen LogP contribution in [0.3, 0.4) is 0 Å². The molecule has 2 atom stereocenters. The summed E-state index contributed by atoms with van der Waals surface area (Å²) in [5.74, 6) is 4.85. The van der Waals surface area contributed by atoms with E-state index in [1.54, 1.807) is 0 Å². The van der Waals surface area contributed by atoms with Crippen molar-refractivity contribution >= 4 is 7.67 Å². The smallest absolute Gasteiger partial charge is 0.254 e. The molecule has 5 nitrogen and oxygen atoms in total. The van der Waals surface area contributed by atoms with Gasteiger partial charge in [-0.1, -0.05) is 0 Å². The third-order valence-corrected chi connectivity index (χ3v) is 3.41. The minimum Gasteiger partial charge on any atom is -0.254 e. The molecule has 6 heteroatoms. The average Bonchev–Trinajstić information content (AvgIpc) is 2.88. The van der Waals surface area contributed by atoms with Crippen molar-refractivity contribution < 1.29 is 14.7 Å². The van der Waals surface area contributed by atoms with E-state index >= 15 is 0 Å². The van der Waals surface area contributed by atoms with Gasteiger partial charge >= 0.3 is 7.67 Å². The van der Waals surface area contributed by atoms with Gasteiger partial charge in [0.2, 0.25) is 0 Å². The van der Waals surface area contributed by atoms with Crippen LogP contribution < -0.4 is 5.90 Å². The van der Waals surface area contributed by atoms with Crippen molar-refractivity contribution in [2.24, 2.45) is 5.90 Å². The molecule has 2 unspecified atom stereocenters. The third-order valence-electron chi connectivity index (χ3n) is 1.35. The Labute approximate surface area is 64.9 Å². The summed E-state index contributed by atoms with van der Waals surface area (Å²) in [5.41, 5.74) is 0. The maximum atomic E-state index is 12.0. The van der Waals surface area contributed by atoms with E-state index in [2.05, 4.69) is 4.62 Å². The minimum absolute atomic E-state index is 0.0476. The molecule has 2 aliphatic rings. The zero-order valence-electron chi connectivity index (χ0n) is 9.15. The van der Waals surface area contributed by atoms with Gasteiger partial charge in [0, 0.05) is 31.6 Å². The van der Waals surface area contributed by atoms with Gasteiger partial charge in [0.25, 0.3) is 0 Å². The van der Waals surface area contributed by atoms with E-state index in [-0.39, 0.29) is 13.1 Å². The molecule has 2 rings (SSSR count). The summed E-state index contributed by atoms with van der Waals surface area (Å²) in [7, 11) is -3.67. The number of rotatable bonds is 3. The molecule has 0 bridgehead atoms. The van der Waals surface area contributed by atoms with Crippen LogP contribution in [0.15, 0.2) is 0 Å². The Bertz CT molecular complexity index is 298. The van der Waals surface area contributed by atoms with Gasteiger partial charge in [0.05, 0.1) is 0 Å². The van der Waals surface area contributed by atoms with Crippen LogP contribution in [0.2, 0.25) is 0 Å². The second-order valence-electron chi connectivity index (χ2n) is 2.03. The van der Waals surface area contributed by atoms with Crippen molar-refractivity contribution in [3.63, 3.8) is 0 Å². The lowest BCUT2D eigenvalue weighted by Crippen LogP contribution is -2.11. The molecule has 0 aromatic rings. The molecule has 2 aliphatic heterocycles. The molecule has 0 aromatic heterocycles. The molecular weight excluding hydrogens is 153 g/mol. The summed E-state index contributed by atoms with van der Waals surface area (Å²) in [5, 5.41) is 0. The molecule has 0 saturated carbocycles. The standard InChI is InChI=1S/C4H10N3O2P/c5-9-10(8,6-1-2-6)7-3-4-7/h1-5H2/i1D2,3D2. The first-order chi connectivity index (χ1) is 6.24. The van der Waals surface area contributed by atoms with Crippen molar-refractivity contribution in [1.82, 2.24) is 9.34 Å². The van der Waals surface area contributed by atoms with Crippen molar-refractivity contribution in [2.45, 2.75) is 0 Å². The van der Waals surface area contributed by atoms with E-state index in [9.17, 15) is 4.57 Å². The lowest BCUT2D eigenvalue weighted by Gasteiger charge is -2.15. The molecule has 58 valence electrons. The number of hydrogen-bond acceptors (Lipinski definition) is 3. The van der Waals surface area contributed by atoms with E-state index in [1.165, 1.54) is 0 Å². The normalized spacial score (nSPS) is 58.5. The summed E-state index contributed by atoms with van der Waals surface area (Å²) in [6.45, 7) is -3.50. The molecule has 2 heterocycles. The summed E-state index contributed by atoms with van der Waals surface area (Å²) >= 11 is 0. The molecule has 0 aliphatic carbocycles. The fraction of sp³-hybridized carbons (Fsp3) is 1.00. The van der Waals surface area contributed by atoms with Gasteiger partial charge in [-0.05, 0) is 0 Å². The van der Waals surface area contributed by atoms with Crippen LogP contribution in [-0.2, 0) is 9.19 Å². The van der Waals surface area contributed by atoms with Crippen LogP contribution in [0, 0.1) is 0 Å². The Morgan fingerprint density at radius 3 is 2.10 bits per heavy atom. The highest BCUT2D eigenvalue weighted by Crippen LogP contribution is 2.59. The second-order valence-corrected chi connectivity index (χ2v) is 4.19. The highest BCUT2D eigenvalue weighted by Gasteiger charge is 2.49. The predicted molar refractivity (Wildman–Crippen MR) is 36.0 cm³/mol. The van der Waals surface area contributed by atoms with Crippen LogP contribution >= 0.6 is 7.67 Å². The first kappa shape index (κ1) is 3.65. The lowest BCUT2D eigenvalue weighted by molar-refractivity contribution is 0.283. The van der Waals surface area contributed by atoms with Gasteiger partial charge in [-0.3, -0.25) is 4.57 Å². The average molecular weight is 167 g/mol. The largest absolute Gasteiger partial charge is 0.362 e. The first-order valence-electron chi connectivity index (χ1n) is 4.79. The van der Waals surface area contributed by atoms with E-state index in [0.29, 0.717) is 0 Å². The van der Waals surface area contributed by atoms with Gasteiger partial charge in [0.15, 0.2) is 0 Å². The second kappa shape index (κ2) is 2.03. The minimum atomic E-state index is -3.67. The summed E-state index contributed by atoms with van der Waals surface area (Å²) in [6, 6.07) is 0. The zero-order chi connectivity index (χ0) is 10.8. The Balaban J connectivity index is 2.17. The molecular formula is C4H10N3O2P. The van der Waals surface area contributed by atoms with Crippen LogP contribution in [0.5, 0.6) is 0 Å². The summed E-state index contributed by atoms with van der Waals surface area (Å²) in [4.78, 5) is 0. The molecule has 0 radical (unpaired) electrons.